The van der Waals surface area contributed by atoms with Crippen molar-refractivity contribution in [2.24, 2.45) is 0 Å². The Morgan fingerprint density at radius 1 is 1.24 bits per heavy atom. The summed E-state index contributed by atoms with van der Waals surface area (Å²) in [4.78, 5) is 0. The van der Waals surface area contributed by atoms with Gasteiger partial charge in [0.05, 0.1) is 0 Å². The van der Waals surface area contributed by atoms with Crippen LogP contribution in [0.25, 0.3) is 0 Å². The Morgan fingerprint density at radius 2 is 1.94 bits per heavy atom. The Kier molecular flexibility index (Phi) is 6.74. The average molecular weight is 243 g/mol. The van der Waals surface area contributed by atoms with Gasteiger partial charge in [-0.05, 0) is 18.5 Å². The molecule has 1 aromatic rings. The van der Waals surface area contributed by atoms with Gasteiger partial charge in [-0.3, -0.25) is 0 Å². The van der Waals surface area contributed by atoms with Gasteiger partial charge in [0, 0.05) is 12.6 Å². The topological polar surface area (TPSA) is 21.3 Å². The van der Waals surface area contributed by atoms with Crippen molar-refractivity contribution < 1.29 is 13.5 Å². The van der Waals surface area contributed by atoms with Crippen LogP contribution in [0.1, 0.15) is 24.9 Å². The summed E-state index contributed by atoms with van der Waals surface area (Å²) in [7, 11) is 0. The molecule has 0 aliphatic heterocycles. The fourth-order valence-electron chi connectivity index (χ4n) is 1.69. The predicted octanol–water partition coefficient (Wildman–Crippen LogP) is 3.01. The summed E-state index contributed by atoms with van der Waals surface area (Å²) in [6, 6.07) is 10.1. The van der Waals surface area contributed by atoms with Gasteiger partial charge >= 0.3 is 0 Å². The molecule has 0 amide bonds. The van der Waals surface area contributed by atoms with Crippen molar-refractivity contribution in [1.82, 2.24) is 5.32 Å². The van der Waals surface area contributed by atoms with E-state index in [1.807, 2.05) is 37.3 Å². The molecule has 0 heterocycles. The molecular formula is C13H19F2NO. The summed E-state index contributed by atoms with van der Waals surface area (Å²) in [5.74, 6) is 0. The average Bonchev–Trinajstić information content (AvgIpc) is 2.34. The third kappa shape index (κ3) is 5.75. The Bertz CT molecular complexity index is 293. The molecule has 0 spiro atoms. The monoisotopic (exact) mass is 243 g/mol. The number of ether oxygens (including phenoxy) is 1. The quantitative estimate of drug-likeness (QED) is 0.709. The second kappa shape index (κ2) is 8.14. The Morgan fingerprint density at radius 3 is 2.53 bits per heavy atom. The second-order valence-electron chi connectivity index (χ2n) is 3.78. The SMILES string of the molecule is CCNC(CCOCC(F)F)c1ccccc1. The van der Waals surface area contributed by atoms with Crippen molar-refractivity contribution in [3.8, 4) is 0 Å². The lowest BCUT2D eigenvalue weighted by Gasteiger charge is -2.18. The molecule has 1 unspecified atom stereocenters. The van der Waals surface area contributed by atoms with E-state index < -0.39 is 13.0 Å². The van der Waals surface area contributed by atoms with Crippen molar-refractivity contribution in [3.63, 3.8) is 0 Å². The summed E-state index contributed by atoms with van der Waals surface area (Å²) < 4.78 is 28.7. The van der Waals surface area contributed by atoms with E-state index >= 15 is 0 Å². The minimum absolute atomic E-state index is 0.166. The summed E-state index contributed by atoms with van der Waals surface area (Å²) in [6.07, 6.45) is -1.69. The first-order valence-corrected chi connectivity index (χ1v) is 5.88. The fraction of sp³-hybridized carbons (Fsp3) is 0.538. The van der Waals surface area contributed by atoms with Gasteiger partial charge < -0.3 is 10.1 Å². The standard InChI is InChI=1S/C13H19F2NO/c1-2-16-12(8-9-17-10-13(14)15)11-6-4-3-5-7-11/h3-7,12-13,16H,2,8-10H2,1H3. The van der Waals surface area contributed by atoms with Crippen molar-refractivity contribution in [3.05, 3.63) is 35.9 Å². The maximum atomic E-state index is 11.9. The molecule has 1 N–H and O–H groups in total. The van der Waals surface area contributed by atoms with E-state index in [2.05, 4.69) is 5.32 Å². The zero-order valence-electron chi connectivity index (χ0n) is 10.0. The molecule has 96 valence electrons. The van der Waals surface area contributed by atoms with Crippen LogP contribution in [0, 0.1) is 0 Å². The van der Waals surface area contributed by atoms with Gasteiger partial charge in [0.1, 0.15) is 6.61 Å². The summed E-state index contributed by atoms with van der Waals surface area (Å²) in [6.45, 7) is 2.73. The molecule has 0 saturated heterocycles. The predicted molar refractivity (Wildman–Crippen MR) is 64.3 cm³/mol. The minimum Gasteiger partial charge on any atom is -0.375 e. The fourth-order valence-corrected chi connectivity index (χ4v) is 1.69. The van der Waals surface area contributed by atoms with Gasteiger partial charge in [-0.2, -0.15) is 0 Å². The van der Waals surface area contributed by atoms with E-state index in [0.717, 1.165) is 12.1 Å². The highest BCUT2D eigenvalue weighted by atomic mass is 19.3. The van der Waals surface area contributed by atoms with Crippen molar-refractivity contribution >= 4 is 0 Å². The van der Waals surface area contributed by atoms with E-state index in [0.29, 0.717) is 13.0 Å². The molecular weight excluding hydrogens is 224 g/mol. The Labute approximate surface area is 101 Å². The molecule has 0 saturated carbocycles. The van der Waals surface area contributed by atoms with Crippen LogP contribution in [0.3, 0.4) is 0 Å². The number of hydrogen-bond donors (Lipinski definition) is 1. The van der Waals surface area contributed by atoms with E-state index in [1.54, 1.807) is 0 Å². The molecule has 2 nitrogen and oxygen atoms in total. The lowest BCUT2D eigenvalue weighted by atomic mass is 10.0. The second-order valence-corrected chi connectivity index (χ2v) is 3.78. The molecule has 0 aromatic heterocycles. The van der Waals surface area contributed by atoms with E-state index in [4.69, 9.17) is 4.74 Å². The molecule has 0 aliphatic rings. The van der Waals surface area contributed by atoms with Crippen molar-refractivity contribution in [1.29, 1.82) is 0 Å². The first kappa shape index (κ1) is 14.1. The Hall–Kier alpha value is -1.00. The third-order valence-corrected chi connectivity index (χ3v) is 2.45. The largest absolute Gasteiger partial charge is 0.375 e. The normalized spacial score (nSPS) is 12.9. The van der Waals surface area contributed by atoms with E-state index in [-0.39, 0.29) is 6.04 Å². The lowest BCUT2D eigenvalue weighted by molar-refractivity contribution is 0.0144. The number of halogens is 2. The number of nitrogens with one attached hydrogen (secondary N) is 1. The maximum Gasteiger partial charge on any atom is 0.261 e. The van der Waals surface area contributed by atoms with Gasteiger partial charge in [0.2, 0.25) is 0 Å². The smallest absolute Gasteiger partial charge is 0.261 e. The molecule has 0 bridgehead atoms. The minimum atomic E-state index is -2.38. The number of alkyl halides is 2. The summed E-state index contributed by atoms with van der Waals surface area (Å²) >= 11 is 0. The first-order chi connectivity index (χ1) is 8.24. The van der Waals surface area contributed by atoms with Crippen LogP contribution in [0.2, 0.25) is 0 Å². The van der Waals surface area contributed by atoms with Crippen LogP contribution in [0.5, 0.6) is 0 Å². The first-order valence-electron chi connectivity index (χ1n) is 5.88. The van der Waals surface area contributed by atoms with Crippen LogP contribution in [0.4, 0.5) is 8.78 Å². The van der Waals surface area contributed by atoms with Gasteiger partial charge in [0.25, 0.3) is 6.43 Å². The third-order valence-electron chi connectivity index (χ3n) is 2.45. The number of benzene rings is 1. The highest BCUT2D eigenvalue weighted by Gasteiger charge is 2.10. The van der Waals surface area contributed by atoms with Crippen LogP contribution in [-0.4, -0.2) is 26.2 Å². The highest BCUT2D eigenvalue weighted by Crippen LogP contribution is 2.16. The molecule has 1 rings (SSSR count). The Balaban J connectivity index is 2.39. The van der Waals surface area contributed by atoms with E-state index in [1.165, 1.54) is 0 Å². The molecule has 17 heavy (non-hydrogen) atoms. The lowest BCUT2D eigenvalue weighted by Crippen LogP contribution is -2.22. The summed E-state index contributed by atoms with van der Waals surface area (Å²) in [5, 5.41) is 3.32. The van der Waals surface area contributed by atoms with Crippen LogP contribution in [-0.2, 0) is 4.74 Å². The van der Waals surface area contributed by atoms with Crippen LogP contribution in [0.15, 0.2) is 30.3 Å². The number of rotatable bonds is 8. The van der Waals surface area contributed by atoms with E-state index in [9.17, 15) is 8.78 Å². The van der Waals surface area contributed by atoms with Crippen LogP contribution < -0.4 is 5.32 Å². The van der Waals surface area contributed by atoms with Crippen LogP contribution >= 0.6 is 0 Å². The van der Waals surface area contributed by atoms with Gasteiger partial charge in [-0.1, -0.05) is 37.3 Å². The van der Waals surface area contributed by atoms with Gasteiger partial charge in [-0.15, -0.1) is 0 Å². The van der Waals surface area contributed by atoms with Crippen molar-refractivity contribution in [2.75, 3.05) is 19.8 Å². The van der Waals surface area contributed by atoms with Gasteiger partial charge in [0.15, 0.2) is 0 Å². The highest BCUT2D eigenvalue weighted by molar-refractivity contribution is 5.18. The molecule has 1 atom stereocenters. The van der Waals surface area contributed by atoms with Gasteiger partial charge in [-0.25, -0.2) is 8.78 Å². The maximum absolute atomic E-state index is 11.9. The molecule has 0 aliphatic carbocycles. The molecule has 0 radical (unpaired) electrons. The molecule has 4 heteroatoms. The molecule has 1 aromatic carbocycles. The summed E-state index contributed by atoms with van der Waals surface area (Å²) in [5.41, 5.74) is 1.16. The zero-order valence-corrected chi connectivity index (χ0v) is 10.0. The molecule has 0 fully saturated rings. The van der Waals surface area contributed by atoms with Crippen molar-refractivity contribution in [2.45, 2.75) is 25.8 Å². The number of hydrogen-bond acceptors (Lipinski definition) is 2. The zero-order chi connectivity index (χ0) is 12.5.